The highest BCUT2D eigenvalue weighted by Crippen LogP contribution is 2.23. The smallest absolute Gasteiger partial charge is 0.243 e. The molecule has 1 aliphatic heterocycles. The summed E-state index contributed by atoms with van der Waals surface area (Å²) in [5, 5.41) is 4.20. The third-order valence-electron chi connectivity index (χ3n) is 4.26. The van der Waals surface area contributed by atoms with Crippen molar-refractivity contribution >= 4 is 44.2 Å². The van der Waals surface area contributed by atoms with Gasteiger partial charge in [0.1, 0.15) is 0 Å². The molecule has 29 heavy (non-hydrogen) atoms. The van der Waals surface area contributed by atoms with Crippen LogP contribution in [0.4, 0.5) is 5.13 Å². The van der Waals surface area contributed by atoms with Crippen LogP contribution in [0.25, 0.3) is 0 Å². The zero-order chi connectivity index (χ0) is 21.0. The van der Waals surface area contributed by atoms with E-state index >= 15 is 0 Å². The molecule has 2 aromatic rings. The molecule has 0 amide bonds. The summed E-state index contributed by atoms with van der Waals surface area (Å²) in [6.45, 7) is 6.31. The van der Waals surface area contributed by atoms with Crippen molar-refractivity contribution in [2.45, 2.75) is 43.0 Å². The number of morpholine rings is 1. The van der Waals surface area contributed by atoms with E-state index in [-0.39, 0.29) is 29.4 Å². The van der Waals surface area contributed by atoms with Crippen molar-refractivity contribution < 1.29 is 17.9 Å². The highest BCUT2D eigenvalue weighted by atomic mass is 32.2. The van der Waals surface area contributed by atoms with Crippen LogP contribution in [0.3, 0.4) is 0 Å². The molecule has 0 spiro atoms. The van der Waals surface area contributed by atoms with Gasteiger partial charge >= 0.3 is 0 Å². The molecule has 3 rings (SSSR count). The van der Waals surface area contributed by atoms with Crippen LogP contribution in [0.1, 0.15) is 31.1 Å². The number of ketones is 1. The van der Waals surface area contributed by atoms with Crippen molar-refractivity contribution in [2.75, 3.05) is 30.7 Å². The van der Waals surface area contributed by atoms with Crippen LogP contribution in [-0.2, 0) is 14.8 Å². The number of hydrogen-bond donors (Lipinski definition) is 1. The van der Waals surface area contributed by atoms with Crippen LogP contribution in [-0.4, -0.2) is 65.5 Å². The Kier molecular flexibility index (Phi) is 7.28. The topological polar surface area (TPSA) is 101 Å². The Balaban J connectivity index is 1.70. The van der Waals surface area contributed by atoms with E-state index in [1.54, 1.807) is 12.1 Å². The molecule has 1 aromatic carbocycles. The predicted octanol–water partition coefficient (Wildman–Crippen LogP) is 2.74. The number of ether oxygens (including phenoxy) is 1. The first kappa shape index (κ1) is 22.2. The standard InChI is InChI=1S/C18H24N4O4S3/c1-4-27-18-20-17(28-21-18)19-9-16(23)14-6-5-7-15(8-14)29(24,25)22-10-12(2)26-13(3)11-22/h5-8,12-13H,4,9-11H2,1-3H3,(H,19,20,21). The van der Waals surface area contributed by atoms with Crippen molar-refractivity contribution in [1.82, 2.24) is 13.7 Å². The molecule has 8 nitrogen and oxygen atoms in total. The molecule has 1 aliphatic rings. The van der Waals surface area contributed by atoms with Crippen LogP contribution in [0.5, 0.6) is 0 Å². The summed E-state index contributed by atoms with van der Waals surface area (Å²) in [6.07, 6.45) is -0.351. The van der Waals surface area contributed by atoms with Crippen molar-refractivity contribution in [3.05, 3.63) is 29.8 Å². The number of benzene rings is 1. The first-order chi connectivity index (χ1) is 13.8. The number of rotatable bonds is 8. The molecule has 11 heteroatoms. The highest BCUT2D eigenvalue weighted by Gasteiger charge is 2.32. The highest BCUT2D eigenvalue weighted by molar-refractivity contribution is 7.99. The number of aromatic nitrogens is 2. The van der Waals surface area contributed by atoms with Gasteiger partial charge in [-0.05, 0) is 31.7 Å². The minimum absolute atomic E-state index is 0.0144. The number of sulfonamides is 1. The summed E-state index contributed by atoms with van der Waals surface area (Å²) in [5.41, 5.74) is 0.334. The monoisotopic (exact) mass is 456 g/mol. The molecular weight excluding hydrogens is 432 g/mol. The van der Waals surface area contributed by atoms with E-state index in [0.717, 1.165) is 5.75 Å². The van der Waals surface area contributed by atoms with E-state index in [4.69, 9.17) is 4.74 Å². The molecule has 0 bridgehead atoms. The lowest BCUT2D eigenvalue weighted by molar-refractivity contribution is -0.0440. The van der Waals surface area contributed by atoms with Gasteiger partial charge in [0.2, 0.25) is 20.3 Å². The molecule has 1 aromatic heterocycles. The van der Waals surface area contributed by atoms with Crippen molar-refractivity contribution in [1.29, 1.82) is 0 Å². The van der Waals surface area contributed by atoms with Crippen LogP contribution >= 0.6 is 23.3 Å². The zero-order valence-corrected chi connectivity index (χ0v) is 18.9. The molecule has 2 heterocycles. The predicted molar refractivity (Wildman–Crippen MR) is 114 cm³/mol. The summed E-state index contributed by atoms with van der Waals surface area (Å²) >= 11 is 2.72. The van der Waals surface area contributed by atoms with Gasteiger partial charge in [0.25, 0.3) is 0 Å². The average Bonchev–Trinajstić information content (AvgIpc) is 3.13. The van der Waals surface area contributed by atoms with Gasteiger partial charge in [-0.2, -0.15) is 13.7 Å². The molecule has 1 fully saturated rings. The average molecular weight is 457 g/mol. The normalized spacial score (nSPS) is 20.5. The molecule has 158 valence electrons. The summed E-state index contributed by atoms with van der Waals surface area (Å²) in [4.78, 5) is 17.0. The fourth-order valence-electron chi connectivity index (χ4n) is 3.03. The number of anilines is 1. The number of thioether (sulfide) groups is 1. The fourth-order valence-corrected chi connectivity index (χ4v) is 5.93. The summed E-state index contributed by atoms with van der Waals surface area (Å²) in [7, 11) is -3.70. The van der Waals surface area contributed by atoms with E-state index in [9.17, 15) is 13.2 Å². The largest absolute Gasteiger partial charge is 0.373 e. The Hall–Kier alpha value is -1.53. The summed E-state index contributed by atoms with van der Waals surface area (Å²) in [6, 6.07) is 6.16. The van der Waals surface area contributed by atoms with Crippen molar-refractivity contribution in [3.63, 3.8) is 0 Å². The zero-order valence-electron chi connectivity index (χ0n) is 16.5. The lowest BCUT2D eigenvalue weighted by atomic mass is 10.1. The maximum Gasteiger partial charge on any atom is 0.243 e. The molecular formula is C18H24N4O4S3. The Morgan fingerprint density at radius 2 is 2.07 bits per heavy atom. The number of carbonyl (C=O) groups is 1. The second-order valence-electron chi connectivity index (χ2n) is 6.70. The van der Waals surface area contributed by atoms with E-state index in [2.05, 4.69) is 14.7 Å². The van der Waals surface area contributed by atoms with Crippen molar-refractivity contribution in [3.8, 4) is 0 Å². The maximum atomic E-state index is 13.0. The lowest BCUT2D eigenvalue weighted by Gasteiger charge is -2.34. The maximum absolute atomic E-state index is 13.0. The third kappa shape index (κ3) is 5.54. The Labute approximate surface area is 179 Å². The number of nitrogens with zero attached hydrogens (tertiary/aromatic N) is 3. The molecule has 1 saturated heterocycles. The first-order valence-corrected chi connectivity index (χ1v) is 12.5. The Morgan fingerprint density at radius 3 is 2.76 bits per heavy atom. The minimum Gasteiger partial charge on any atom is -0.373 e. The molecule has 2 unspecified atom stereocenters. The van der Waals surface area contributed by atoms with E-state index < -0.39 is 10.0 Å². The van der Waals surface area contributed by atoms with Gasteiger partial charge < -0.3 is 10.1 Å². The number of hydrogen-bond acceptors (Lipinski definition) is 9. The van der Waals surface area contributed by atoms with E-state index in [1.165, 1.54) is 39.7 Å². The van der Waals surface area contributed by atoms with Gasteiger partial charge in [0.15, 0.2) is 5.78 Å². The van der Waals surface area contributed by atoms with Gasteiger partial charge in [-0.25, -0.2) is 8.42 Å². The van der Waals surface area contributed by atoms with Gasteiger partial charge in [0.05, 0.1) is 23.6 Å². The minimum atomic E-state index is -3.70. The summed E-state index contributed by atoms with van der Waals surface area (Å²) < 4.78 is 37.3. The first-order valence-electron chi connectivity index (χ1n) is 9.29. The number of carbonyl (C=O) groups excluding carboxylic acids is 1. The fraction of sp³-hybridized carbons (Fsp3) is 0.500. The molecule has 0 aliphatic carbocycles. The quantitative estimate of drug-likeness (QED) is 0.478. The Morgan fingerprint density at radius 1 is 1.34 bits per heavy atom. The lowest BCUT2D eigenvalue weighted by Crippen LogP contribution is -2.48. The van der Waals surface area contributed by atoms with Crippen LogP contribution in [0, 0.1) is 0 Å². The molecule has 0 saturated carbocycles. The van der Waals surface area contributed by atoms with Crippen molar-refractivity contribution in [2.24, 2.45) is 0 Å². The second-order valence-corrected chi connectivity index (χ2v) is 10.6. The van der Waals surface area contributed by atoms with Crippen LogP contribution in [0.2, 0.25) is 0 Å². The van der Waals surface area contributed by atoms with Gasteiger partial charge in [-0.1, -0.05) is 30.8 Å². The van der Waals surface area contributed by atoms with Gasteiger partial charge in [0, 0.05) is 30.2 Å². The molecule has 1 N–H and O–H groups in total. The number of nitrogens with one attached hydrogen (secondary N) is 1. The summed E-state index contributed by atoms with van der Waals surface area (Å²) in [5.74, 6) is 0.655. The van der Waals surface area contributed by atoms with Gasteiger partial charge in [-0.3, -0.25) is 4.79 Å². The third-order valence-corrected chi connectivity index (χ3v) is 7.61. The Bertz CT molecular complexity index is 954. The SMILES string of the molecule is CCSc1nsc(NCC(=O)c2cccc(S(=O)(=O)N3CC(C)OC(C)C3)c2)n1. The molecule has 2 atom stereocenters. The van der Waals surface area contributed by atoms with Crippen LogP contribution in [0.15, 0.2) is 34.3 Å². The molecule has 0 radical (unpaired) electrons. The second kappa shape index (κ2) is 9.52. The van der Waals surface area contributed by atoms with Gasteiger partial charge in [-0.15, -0.1) is 0 Å². The number of Topliss-reactive ketones (excluding diaryl/α,β-unsaturated/α-hetero) is 1. The van der Waals surface area contributed by atoms with Crippen LogP contribution < -0.4 is 5.32 Å². The van der Waals surface area contributed by atoms with E-state index in [0.29, 0.717) is 28.9 Å². The van der Waals surface area contributed by atoms with E-state index in [1.807, 2.05) is 20.8 Å².